The summed E-state index contributed by atoms with van der Waals surface area (Å²) in [5.41, 5.74) is 1.64. The highest BCUT2D eigenvalue weighted by Gasteiger charge is 2.20. The molecular formula is C10H15O3PS. The van der Waals surface area contributed by atoms with Gasteiger partial charge < -0.3 is 9.05 Å². The Morgan fingerprint density at radius 3 is 2.20 bits per heavy atom. The van der Waals surface area contributed by atoms with Gasteiger partial charge in [0.15, 0.2) is 0 Å². The summed E-state index contributed by atoms with van der Waals surface area (Å²) >= 11 is 0. The fourth-order valence-electron chi connectivity index (χ4n) is 1.05. The molecule has 1 atom stereocenters. The van der Waals surface area contributed by atoms with E-state index in [0.29, 0.717) is 0 Å². The van der Waals surface area contributed by atoms with Crippen LogP contribution in [0.2, 0.25) is 0 Å². The van der Waals surface area contributed by atoms with E-state index in [0.717, 1.165) is 4.90 Å². The second-order valence-corrected chi connectivity index (χ2v) is 7.12. The maximum absolute atomic E-state index is 11.8. The molecule has 1 aromatic rings. The Hall–Kier alpha value is -0.280. The zero-order valence-corrected chi connectivity index (χ0v) is 10.8. The van der Waals surface area contributed by atoms with E-state index in [4.69, 9.17) is 9.05 Å². The second-order valence-electron chi connectivity index (χ2n) is 2.88. The highest BCUT2D eigenvalue weighted by Crippen LogP contribution is 2.52. The quantitative estimate of drug-likeness (QED) is 0.455. The Morgan fingerprint density at radius 2 is 1.73 bits per heavy atom. The maximum Gasteiger partial charge on any atom is 0.235 e. The lowest BCUT2D eigenvalue weighted by atomic mass is 10.4. The molecule has 5 heteroatoms. The van der Waals surface area contributed by atoms with E-state index >= 15 is 0 Å². The number of benzene rings is 1. The van der Waals surface area contributed by atoms with Crippen molar-refractivity contribution in [3.63, 3.8) is 0 Å². The number of hydrogen-bond acceptors (Lipinski definition) is 3. The van der Waals surface area contributed by atoms with E-state index < -0.39 is 7.60 Å². The third kappa shape index (κ3) is 3.65. The van der Waals surface area contributed by atoms with Crippen LogP contribution in [-0.2, 0) is 24.5 Å². The van der Waals surface area contributed by atoms with Gasteiger partial charge in [-0.15, -0.1) is 10.9 Å². The van der Waals surface area contributed by atoms with Crippen LogP contribution in [0.1, 0.15) is 0 Å². The first-order chi connectivity index (χ1) is 7.11. The summed E-state index contributed by atoms with van der Waals surface area (Å²) in [5.74, 6) is 0. The molecule has 84 valence electrons. The van der Waals surface area contributed by atoms with Crippen LogP contribution in [0.5, 0.6) is 0 Å². The van der Waals surface area contributed by atoms with Gasteiger partial charge in [0.05, 0.1) is 6.26 Å². The third-order valence-corrected chi connectivity index (χ3v) is 6.24. The van der Waals surface area contributed by atoms with Gasteiger partial charge in [-0.25, -0.2) is 0 Å². The van der Waals surface area contributed by atoms with Crippen molar-refractivity contribution < 1.29 is 13.6 Å². The molecule has 0 fully saturated rings. The SMILES string of the molecule is COP(=O)([CH-][S+](C)c1ccccc1)OC. The summed E-state index contributed by atoms with van der Waals surface area (Å²) in [5, 5.41) is 0. The molecule has 0 spiro atoms. The molecule has 0 bridgehead atoms. The Kier molecular flexibility index (Phi) is 4.87. The van der Waals surface area contributed by atoms with E-state index in [9.17, 15) is 4.57 Å². The normalized spacial score (nSPS) is 13.8. The average Bonchev–Trinajstić information content (AvgIpc) is 2.30. The highest BCUT2D eigenvalue weighted by atomic mass is 32.2. The molecule has 0 aliphatic rings. The van der Waals surface area contributed by atoms with Crippen LogP contribution in [0.25, 0.3) is 0 Å². The number of rotatable bonds is 5. The molecule has 0 radical (unpaired) electrons. The predicted octanol–water partition coefficient (Wildman–Crippen LogP) is 2.90. The monoisotopic (exact) mass is 246 g/mol. The minimum Gasteiger partial charge on any atom is -0.331 e. The van der Waals surface area contributed by atoms with Gasteiger partial charge in [-0.05, 0) is 12.1 Å². The largest absolute Gasteiger partial charge is 0.331 e. The summed E-state index contributed by atoms with van der Waals surface area (Å²) in [6.07, 6.45) is 1.99. The van der Waals surface area contributed by atoms with Gasteiger partial charge >= 0.3 is 0 Å². The van der Waals surface area contributed by atoms with Gasteiger partial charge in [0.1, 0.15) is 4.90 Å². The van der Waals surface area contributed by atoms with Gasteiger partial charge in [-0.3, -0.25) is 4.57 Å². The molecule has 0 heterocycles. The minimum absolute atomic E-state index is 0.241. The van der Waals surface area contributed by atoms with Gasteiger partial charge in [-0.2, -0.15) is 0 Å². The topological polar surface area (TPSA) is 35.5 Å². The van der Waals surface area contributed by atoms with Crippen molar-refractivity contribution in [2.24, 2.45) is 0 Å². The molecular weight excluding hydrogens is 231 g/mol. The molecule has 1 rings (SSSR count). The zero-order valence-electron chi connectivity index (χ0n) is 9.04. The molecule has 1 unspecified atom stereocenters. The van der Waals surface area contributed by atoms with Crippen LogP contribution >= 0.6 is 7.60 Å². The lowest BCUT2D eigenvalue weighted by Crippen LogP contribution is -2.02. The molecule has 0 aliphatic heterocycles. The Bertz CT molecular complexity index is 334. The van der Waals surface area contributed by atoms with Crippen LogP contribution in [0, 0.1) is 5.49 Å². The molecule has 0 aromatic heterocycles. The molecule has 1 aromatic carbocycles. The maximum atomic E-state index is 11.8. The Morgan fingerprint density at radius 1 is 1.20 bits per heavy atom. The molecule has 0 saturated carbocycles. The van der Waals surface area contributed by atoms with Crippen molar-refractivity contribution in [3.8, 4) is 0 Å². The first kappa shape index (κ1) is 12.8. The van der Waals surface area contributed by atoms with Crippen molar-refractivity contribution in [3.05, 3.63) is 35.8 Å². The van der Waals surface area contributed by atoms with E-state index in [1.807, 2.05) is 36.6 Å². The van der Waals surface area contributed by atoms with Gasteiger partial charge in [0.25, 0.3) is 0 Å². The predicted molar refractivity (Wildman–Crippen MR) is 63.9 cm³/mol. The fourth-order valence-corrected chi connectivity index (χ4v) is 4.51. The van der Waals surface area contributed by atoms with E-state index in [2.05, 4.69) is 0 Å². The van der Waals surface area contributed by atoms with Crippen LogP contribution in [-0.4, -0.2) is 20.5 Å². The van der Waals surface area contributed by atoms with Crippen molar-refractivity contribution in [2.45, 2.75) is 4.90 Å². The smallest absolute Gasteiger partial charge is 0.235 e. The van der Waals surface area contributed by atoms with Crippen LogP contribution < -0.4 is 0 Å². The van der Waals surface area contributed by atoms with Crippen molar-refractivity contribution in [1.82, 2.24) is 0 Å². The van der Waals surface area contributed by atoms with Crippen LogP contribution in [0.4, 0.5) is 0 Å². The molecule has 0 N–H and O–H groups in total. The van der Waals surface area contributed by atoms with Crippen molar-refractivity contribution in [1.29, 1.82) is 0 Å². The summed E-state index contributed by atoms with van der Waals surface area (Å²) in [7, 11) is -0.472. The van der Waals surface area contributed by atoms with E-state index in [-0.39, 0.29) is 10.9 Å². The van der Waals surface area contributed by atoms with Crippen molar-refractivity contribution >= 4 is 18.5 Å². The average molecular weight is 246 g/mol. The lowest BCUT2D eigenvalue weighted by Gasteiger charge is -2.21. The number of hydrogen-bond donors (Lipinski definition) is 0. The van der Waals surface area contributed by atoms with Gasteiger partial charge in [0, 0.05) is 19.7 Å². The fraction of sp³-hybridized carbons (Fsp3) is 0.300. The molecule has 3 nitrogen and oxygen atoms in total. The third-order valence-electron chi connectivity index (χ3n) is 1.91. The summed E-state index contributed by atoms with van der Waals surface area (Å²) in [4.78, 5) is 1.12. The molecule has 15 heavy (non-hydrogen) atoms. The summed E-state index contributed by atoms with van der Waals surface area (Å²) in [6, 6.07) is 9.85. The standard InChI is InChI=1S/C10H15O3PS/c1-12-14(11,13-2)9-15(3)10-7-5-4-6-8-10/h4-9H,1-3H3. The Labute approximate surface area is 93.7 Å². The summed E-state index contributed by atoms with van der Waals surface area (Å²) < 4.78 is 21.6. The van der Waals surface area contributed by atoms with E-state index in [1.54, 1.807) is 5.49 Å². The first-order valence-electron chi connectivity index (χ1n) is 4.38. The van der Waals surface area contributed by atoms with Crippen LogP contribution in [0.15, 0.2) is 35.2 Å². The first-order valence-corrected chi connectivity index (χ1v) is 7.69. The summed E-state index contributed by atoms with van der Waals surface area (Å²) in [6.45, 7) is 0. The minimum atomic E-state index is -3.02. The van der Waals surface area contributed by atoms with E-state index in [1.165, 1.54) is 14.2 Å². The Balaban J connectivity index is 2.71. The lowest BCUT2D eigenvalue weighted by molar-refractivity contribution is 0.284. The van der Waals surface area contributed by atoms with Gasteiger partial charge in [-0.1, -0.05) is 18.2 Å². The van der Waals surface area contributed by atoms with Crippen LogP contribution in [0.3, 0.4) is 0 Å². The second kappa shape index (κ2) is 5.71. The molecule has 0 aliphatic carbocycles. The molecule has 0 saturated heterocycles. The van der Waals surface area contributed by atoms with Crippen molar-refractivity contribution in [2.75, 3.05) is 20.5 Å². The highest BCUT2D eigenvalue weighted by molar-refractivity contribution is 8.04. The molecule has 0 amide bonds. The zero-order chi connectivity index (χ0) is 11.3. The van der Waals surface area contributed by atoms with Gasteiger partial charge in [0.2, 0.25) is 7.60 Å².